The number of rotatable bonds is 5. The van der Waals surface area contributed by atoms with E-state index in [2.05, 4.69) is 10.5 Å². The maximum Gasteiger partial charge on any atom is 0.245 e. The fourth-order valence-corrected chi connectivity index (χ4v) is 1.97. The van der Waals surface area contributed by atoms with Gasteiger partial charge in [-0.25, -0.2) is 0 Å². The fraction of sp³-hybridized carbons (Fsp3) is 0.267. The Balaban J connectivity index is 2.15. The van der Waals surface area contributed by atoms with E-state index in [9.17, 15) is 9.59 Å². The second-order valence-electron chi connectivity index (χ2n) is 4.65. The molecule has 0 bridgehead atoms. The van der Waals surface area contributed by atoms with Crippen LogP contribution in [0.2, 0.25) is 0 Å². The molecular formula is C15H17N3O4. The lowest BCUT2D eigenvalue weighted by Crippen LogP contribution is -2.37. The van der Waals surface area contributed by atoms with Crippen molar-refractivity contribution in [3.8, 4) is 5.75 Å². The molecule has 22 heavy (non-hydrogen) atoms. The molecule has 7 heteroatoms. The van der Waals surface area contributed by atoms with Gasteiger partial charge < -0.3 is 14.6 Å². The molecule has 0 atom stereocenters. The van der Waals surface area contributed by atoms with E-state index in [-0.39, 0.29) is 18.4 Å². The molecule has 2 aromatic rings. The third kappa shape index (κ3) is 3.63. The maximum absolute atomic E-state index is 12.1. The van der Waals surface area contributed by atoms with Gasteiger partial charge >= 0.3 is 0 Å². The van der Waals surface area contributed by atoms with Gasteiger partial charge in [0.1, 0.15) is 18.1 Å². The van der Waals surface area contributed by atoms with Crippen molar-refractivity contribution in [2.45, 2.75) is 13.8 Å². The first kappa shape index (κ1) is 15.6. The lowest BCUT2D eigenvalue weighted by Gasteiger charge is -2.22. The van der Waals surface area contributed by atoms with Crippen LogP contribution in [0.5, 0.6) is 5.75 Å². The van der Waals surface area contributed by atoms with E-state index in [4.69, 9.17) is 9.26 Å². The van der Waals surface area contributed by atoms with Gasteiger partial charge in [-0.15, -0.1) is 0 Å². The molecule has 2 rings (SSSR count). The van der Waals surface area contributed by atoms with Crippen LogP contribution in [0.25, 0.3) is 0 Å². The van der Waals surface area contributed by atoms with Crippen LogP contribution in [0.1, 0.15) is 12.7 Å². The summed E-state index contributed by atoms with van der Waals surface area (Å²) >= 11 is 0. The molecule has 0 aliphatic carbocycles. The number of para-hydroxylation sites is 2. The van der Waals surface area contributed by atoms with E-state index >= 15 is 0 Å². The normalized spacial score (nSPS) is 10.1. The highest BCUT2D eigenvalue weighted by molar-refractivity contribution is 6.02. The van der Waals surface area contributed by atoms with Gasteiger partial charge in [-0.2, -0.15) is 0 Å². The summed E-state index contributed by atoms with van der Waals surface area (Å²) in [5.74, 6) is 0.766. The second-order valence-corrected chi connectivity index (χ2v) is 4.65. The summed E-state index contributed by atoms with van der Waals surface area (Å²) in [6, 6.07) is 8.60. The molecule has 1 aromatic carbocycles. The Morgan fingerprint density at radius 3 is 2.68 bits per heavy atom. The minimum atomic E-state index is -0.380. The molecule has 0 aliphatic rings. The van der Waals surface area contributed by atoms with Crippen LogP contribution >= 0.6 is 0 Å². The van der Waals surface area contributed by atoms with Gasteiger partial charge in [0.2, 0.25) is 11.8 Å². The van der Waals surface area contributed by atoms with E-state index in [0.717, 1.165) is 0 Å². The Hall–Kier alpha value is -2.83. The molecule has 1 aromatic heterocycles. The third-order valence-electron chi connectivity index (χ3n) is 2.95. The molecule has 116 valence electrons. The Morgan fingerprint density at radius 2 is 2.09 bits per heavy atom. The lowest BCUT2D eigenvalue weighted by atomic mass is 10.2. The summed E-state index contributed by atoms with van der Waals surface area (Å²) in [5, 5.41) is 6.26. The second kappa shape index (κ2) is 6.75. The molecule has 2 amide bonds. The molecule has 0 unspecified atom stereocenters. The first-order chi connectivity index (χ1) is 10.5. The van der Waals surface area contributed by atoms with Gasteiger partial charge in [-0.05, 0) is 19.1 Å². The van der Waals surface area contributed by atoms with Gasteiger partial charge in [0.25, 0.3) is 0 Å². The SMILES string of the molecule is COc1ccccc1N(CC(=O)Nc1cc(C)on1)C(C)=O. The summed E-state index contributed by atoms with van der Waals surface area (Å²) in [6.45, 7) is 2.96. The smallest absolute Gasteiger partial charge is 0.245 e. The third-order valence-corrected chi connectivity index (χ3v) is 2.95. The van der Waals surface area contributed by atoms with Crippen molar-refractivity contribution in [1.29, 1.82) is 0 Å². The largest absolute Gasteiger partial charge is 0.495 e. The number of hydrogen-bond acceptors (Lipinski definition) is 5. The predicted octanol–water partition coefficient (Wildman–Crippen LogP) is 1.98. The van der Waals surface area contributed by atoms with E-state index < -0.39 is 0 Å². The number of hydrogen-bond donors (Lipinski definition) is 1. The minimum absolute atomic E-state index is 0.151. The number of aryl methyl sites for hydroxylation is 1. The van der Waals surface area contributed by atoms with Crippen LogP contribution in [0, 0.1) is 6.92 Å². The first-order valence-electron chi connectivity index (χ1n) is 6.65. The van der Waals surface area contributed by atoms with Crippen molar-refractivity contribution in [2.75, 3.05) is 23.9 Å². The van der Waals surface area contributed by atoms with Crippen LogP contribution < -0.4 is 15.0 Å². The number of aromatic nitrogens is 1. The Labute approximate surface area is 127 Å². The van der Waals surface area contributed by atoms with Crippen LogP contribution in [0.15, 0.2) is 34.9 Å². The van der Waals surface area contributed by atoms with E-state index in [1.165, 1.54) is 18.9 Å². The van der Waals surface area contributed by atoms with Crippen LogP contribution in [-0.2, 0) is 9.59 Å². The molecule has 0 saturated carbocycles. The number of carbonyl (C=O) groups excluding carboxylic acids is 2. The summed E-state index contributed by atoms with van der Waals surface area (Å²) in [6.07, 6.45) is 0. The zero-order valence-electron chi connectivity index (χ0n) is 12.6. The summed E-state index contributed by atoms with van der Waals surface area (Å²) in [4.78, 5) is 25.3. The minimum Gasteiger partial charge on any atom is -0.495 e. The van der Waals surface area contributed by atoms with Crippen LogP contribution in [-0.4, -0.2) is 30.6 Å². The van der Waals surface area contributed by atoms with Crippen molar-refractivity contribution in [3.05, 3.63) is 36.1 Å². The summed E-state index contributed by atoms with van der Waals surface area (Å²) in [5.41, 5.74) is 0.531. The van der Waals surface area contributed by atoms with E-state index in [1.54, 1.807) is 37.3 Å². The zero-order valence-corrected chi connectivity index (χ0v) is 12.6. The average Bonchev–Trinajstić information content (AvgIpc) is 2.89. The number of amides is 2. The van der Waals surface area contributed by atoms with E-state index in [1.807, 2.05) is 0 Å². The van der Waals surface area contributed by atoms with Crippen molar-refractivity contribution in [1.82, 2.24) is 5.16 Å². The number of nitrogens with one attached hydrogen (secondary N) is 1. The Kier molecular flexibility index (Phi) is 4.77. The van der Waals surface area contributed by atoms with Gasteiger partial charge in [-0.3, -0.25) is 14.5 Å². The average molecular weight is 303 g/mol. The number of ether oxygens (including phenoxy) is 1. The molecule has 0 spiro atoms. The quantitative estimate of drug-likeness (QED) is 0.913. The molecule has 0 fully saturated rings. The molecular weight excluding hydrogens is 286 g/mol. The maximum atomic E-state index is 12.1. The Morgan fingerprint density at radius 1 is 1.36 bits per heavy atom. The molecule has 0 radical (unpaired) electrons. The first-order valence-corrected chi connectivity index (χ1v) is 6.65. The van der Waals surface area contributed by atoms with Gasteiger partial charge in [0.05, 0.1) is 12.8 Å². The van der Waals surface area contributed by atoms with E-state index in [0.29, 0.717) is 23.0 Å². The molecule has 0 aliphatic heterocycles. The van der Waals surface area contributed by atoms with Crippen molar-refractivity contribution in [3.63, 3.8) is 0 Å². The fourth-order valence-electron chi connectivity index (χ4n) is 1.97. The molecule has 7 nitrogen and oxygen atoms in total. The molecule has 0 saturated heterocycles. The van der Waals surface area contributed by atoms with Gasteiger partial charge in [0.15, 0.2) is 5.82 Å². The number of methoxy groups -OCH3 is 1. The van der Waals surface area contributed by atoms with Gasteiger partial charge in [-0.1, -0.05) is 17.3 Å². The standard InChI is InChI=1S/C15H17N3O4/c1-10-8-14(17-22-10)16-15(20)9-18(11(2)19)12-6-4-5-7-13(12)21-3/h4-8H,9H2,1-3H3,(H,16,17,20). The topological polar surface area (TPSA) is 84.7 Å². The lowest BCUT2D eigenvalue weighted by molar-refractivity contribution is -0.120. The van der Waals surface area contributed by atoms with Crippen molar-refractivity contribution >= 4 is 23.3 Å². The van der Waals surface area contributed by atoms with Crippen molar-refractivity contribution in [2.24, 2.45) is 0 Å². The molecule has 1 N–H and O–H groups in total. The number of benzene rings is 1. The zero-order chi connectivity index (χ0) is 16.1. The Bertz CT molecular complexity index is 681. The highest BCUT2D eigenvalue weighted by Gasteiger charge is 2.19. The monoisotopic (exact) mass is 303 g/mol. The number of carbonyl (C=O) groups is 2. The summed E-state index contributed by atoms with van der Waals surface area (Å²) < 4.78 is 10.1. The molecule has 1 heterocycles. The number of anilines is 2. The predicted molar refractivity (Wildman–Crippen MR) is 80.9 cm³/mol. The van der Waals surface area contributed by atoms with Crippen molar-refractivity contribution < 1.29 is 18.8 Å². The highest BCUT2D eigenvalue weighted by atomic mass is 16.5. The summed E-state index contributed by atoms with van der Waals surface area (Å²) in [7, 11) is 1.51. The van der Waals surface area contributed by atoms with Crippen LogP contribution in [0.3, 0.4) is 0 Å². The van der Waals surface area contributed by atoms with Crippen LogP contribution in [0.4, 0.5) is 11.5 Å². The van der Waals surface area contributed by atoms with Gasteiger partial charge in [0, 0.05) is 13.0 Å². The number of nitrogens with zero attached hydrogens (tertiary/aromatic N) is 2. The highest BCUT2D eigenvalue weighted by Crippen LogP contribution is 2.27.